The molecular formula is C13H19NO5. The molecule has 0 radical (unpaired) electrons. The standard InChI is InChI=1S/C13H19NO5/c1-3-10(9-14(16)17)11(8-13(15)18-4-2)12-6-5-7-19-12/h5-7,10-11H,3-4,8-9H2,1-2H3/t10-,11-/m0/s1. The first-order valence-corrected chi connectivity index (χ1v) is 6.39. The third-order valence-corrected chi connectivity index (χ3v) is 3.08. The molecule has 1 rings (SSSR count). The van der Waals surface area contributed by atoms with Gasteiger partial charge in [-0.25, -0.2) is 0 Å². The van der Waals surface area contributed by atoms with Gasteiger partial charge in [-0.3, -0.25) is 14.9 Å². The summed E-state index contributed by atoms with van der Waals surface area (Å²) in [6.45, 7) is 3.72. The van der Waals surface area contributed by atoms with Crippen molar-refractivity contribution < 1.29 is 18.9 Å². The number of hydrogen-bond acceptors (Lipinski definition) is 5. The van der Waals surface area contributed by atoms with E-state index in [9.17, 15) is 14.9 Å². The second-order valence-corrected chi connectivity index (χ2v) is 4.31. The molecule has 106 valence electrons. The normalized spacial score (nSPS) is 13.8. The summed E-state index contributed by atoms with van der Waals surface area (Å²) >= 11 is 0. The second kappa shape index (κ2) is 7.56. The number of carbonyl (C=O) groups excluding carboxylic acids is 1. The SMILES string of the molecule is CCOC(=O)C[C@H](c1ccco1)[C@@H](CC)C[N+](=O)[O-]. The predicted molar refractivity (Wildman–Crippen MR) is 68.3 cm³/mol. The molecule has 0 N–H and O–H groups in total. The molecule has 1 aromatic rings. The van der Waals surface area contributed by atoms with Crippen LogP contribution in [0.4, 0.5) is 0 Å². The van der Waals surface area contributed by atoms with Gasteiger partial charge in [-0.05, 0) is 25.5 Å². The second-order valence-electron chi connectivity index (χ2n) is 4.31. The van der Waals surface area contributed by atoms with Gasteiger partial charge < -0.3 is 9.15 Å². The van der Waals surface area contributed by atoms with Crippen LogP contribution in [0.25, 0.3) is 0 Å². The van der Waals surface area contributed by atoms with Crippen LogP contribution in [0.2, 0.25) is 0 Å². The van der Waals surface area contributed by atoms with Crippen LogP contribution < -0.4 is 0 Å². The van der Waals surface area contributed by atoms with Crippen LogP contribution in [0, 0.1) is 16.0 Å². The lowest BCUT2D eigenvalue weighted by Gasteiger charge is -2.20. The average Bonchev–Trinajstić information content (AvgIpc) is 2.87. The third-order valence-electron chi connectivity index (χ3n) is 3.08. The Balaban J connectivity index is 2.84. The Kier molecular flexibility index (Phi) is 6.05. The molecule has 0 amide bonds. The van der Waals surface area contributed by atoms with Gasteiger partial charge in [0.1, 0.15) is 5.76 Å². The summed E-state index contributed by atoms with van der Waals surface area (Å²) in [7, 11) is 0. The molecule has 0 aliphatic heterocycles. The maximum Gasteiger partial charge on any atom is 0.306 e. The van der Waals surface area contributed by atoms with Crippen molar-refractivity contribution in [3.8, 4) is 0 Å². The van der Waals surface area contributed by atoms with Crippen LogP contribution in [0.1, 0.15) is 38.4 Å². The molecule has 0 spiro atoms. The number of rotatable bonds is 8. The van der Waals surface area contributed by atoms with Crippen LogP contribution in [0.3, 0.4) is 0 Å². The lowest BCUT2D eigenvalue weighted by Crippen LogP contribution is -2.24. The van der Waals surface area contributed by atoms with Gasteiger partial charge >= 0.3 is 5.97 Å². The summed E-state index contributed by atoms with van der Waals surface area (Å²) in [5.41, 5.74) is 0. The Morgan fingerprint density at radius 3 is 2.74 bits per heavy atom. The van der Waals surface area contributed by atoms with E-state index in [4.69, 9.17) is 9.15 Å². The first-order valence-electron chi connectivity index (χ1n) is 6.39. The molecule has 0 aliphatic carbocycles. The van der Waals surface area contributed by atoms with Crippen molar-refractivity contribution in [2.24, 2.45) is 5.92 Å². The molecule has 1 aromatic heterocycles. The Hall–Kier alpha value is -1.85. The molecule has 6 nitrogen and oxygen atoms in total. The molecule has 0 aromatic carbocycles. The van der Waals surface area contributed by atoms with E-state index < -0.39 is 0 Å². The largest absolute Gasteiger partial charge is 0.469 e. The zero-order chi connectivity index (χ0) is 14.3. The Labute approximate surface area is 111 Å². The van der Waals surface area contributed by atoms with Gasteiger partial charge in [-0.1, -0.05) is 6.92 Å². The molecule has 6 heteroatoms. The van der Waals surface area contributed by atoms with Crippen LogP contribution >= 0.6 is 0 Å². The maximum absolute atomic E-state index is 11.6. The Bertz CT molecular complexity index is 401. The van der Waals surface area contributed by atoms with Gasteiger partial charge in [0.25, 0.3) is 0 Å². The monoisotopic (exact) mass is 269 g/mol. The van der Waals surface area contributed by atoms with Gasteiger partial charge in [0.15, 0.2) is 0 Å². The van der Waals surface area contributed by atoms with E-state index in [0.717, 1.165) is 0 Å². The lowest BCUT2D eigenvalue weighted by atomic mass is 9.85. The fourth-order valence-electron chi connectivity index (χ4n) is 2.13. The van der Waals surface area contributed by atoms with Crippen molar-refractivity contribution in [2.75, 3.05) is 13.2 Å². The topological polar surface area (TPSA) is 82.6 Å². The highest BCUT2D eigenvalue weighted by Crippen LogP contribution is 2.31. The first-order chi connectivity index (χ1) is 9.08. The van der Waals surface area contributed by atoms with Gasteiger partial charge in [0, 0.05) is 16.8 Å². The molecule has 0 bridgehead atoms. The van der Waals surface area contributed by atoms with E-state index in [1.807, 2.05) is 6.92 Å². The van der Waals surface area contributed by atoms with Gasteiger partial charge in [-0.2, -0.15) is 0 Å². The molecule has 0 saturated carbocycles. The van der Waals surface area contributed by atoms with Gasteiger partial charge in [-0.15, -0.1) is 0 Å². The van der Waals surface area contributed by atoms with E-state index in [-0.39, 0.29) is 35.7 Å². The number of nitro groups is 1. The van der Waals surface area contributed by atoms with Gasteiger partial charge in [0.05, 0.1) is 19.3 Å². The van der Waals surface area contributed by atoms with Crippen LogP contribution in [0.5, 0.6) is 0 Å². The number of carbonyl (C=O) groups is 1. The summed E-state index contributed by atoms with van der Waals surface area (Å²) in [5.74, 6) is -0.317. The van der Waals surface area contributed by atoms with Crippen molar-refractivity contribution in [2.45, 2.75) is 32.6 Å². The van der Waals surface area contributed by atoms with Crippen LogP contribution in [-0.4, -0.2) is 24.0 Å². The van der Waals surface area contributed by atoms with Gasteiger partial charge in [0.2, 0.25) is 6.54 Å². The quantitative estimate of drug-likeness (QED) is 0.411. The zero-order valence-electron chi connectivity index (χ0n) is 11.2. The van der Waals surface area contributed by atoms with E-state index >= 15 is 0 Å². The zero-order valence-corrected chi connectivity index (χ0v) is 11.2. The third kappa shape index (κ3) is 4.73. The Morgan fingerprint density at radius 1 is 1.53 bits per heavy atom. The molecule has 0 saturated heterocycles. The first kappa shape index (κ1) is 15.2. The number of furan rings is 1. The van der Waals surface area contributed by atoms with Crippen molar-refractivity contribution in [3.63, 3.8) is 0 Å². The van der Waals surface area contributed by atoms with E-state index in [0.29, 0.717) is 18.8 Å². The molecule has 0 fully saturated rings. The van der Waals surface area contributed by atoms with Crippen molar-refractivity contribution >= 4 is 5.97 Å². The highest BCUT2D eigenvalue weighted by Gasteiger charge is 2.30. The molecule has 2 atom stereocenters. The van der Waals surface area contributed by atoms with Crippen molar-refractivity contribution in [3.05, 3.63) is 34.3 Å². The fraction of sp³-hybridized carbons (Fsp3) is 0.615. The number of ether oxygens (including phenoxy) is 1. The smallest absolute Gasteiger partial charge is 0.306 e. The van der Waals surface area contributed by atoms with E-state index in [2.05, 4.69) is 0 Å². The Morgan fingerprint density at radius 2 is 2.26 bits per heavy atom. The van der Waals surface area contributed by atoms with Crippen LogP contribution in [-0.2, 0) is 9.53 Å². The van der Waals surface area contributed by atoms with E-state index in [1.54, 1.807) is 19.1 Å². The molecule has 19 heavy (non-hydrogen) atoms. The minimum atomic E-state index is -0.356. The van der Waals surface area contributed by atoms with E-state index in [1.165, 1.54) is 6.26 Å². The number of nitrogens with zero attached hydrogens (tertiary/aromatic N) is 1. The van der Waals surface area contributed by atoms with Crippen LogP contribution in [0.15, 0.2) is 22.8 Å². The summed E-state index contributed by atoms with van der Waals surface area (Å²) in [5, 5.41) is 10.7. The predicted octanol–water partition coefficient (Wildman–Crippen LogP) is 2.62. The molecule has 1 heterocycles. The average molecular weight is 269 g/mol. The highest BCUT2D eigenvalue weighted by molar-refractivity contribution is 5.70. The molecular weight excluding hydrogens is 250 g/mol. The molecule has 0 aliphatic rings. The highest BCUT2D eigenvalue weighted by atomic mass is 16.6. The summed E-state index contributed by atoms with van der Waals surface area (Å²) in [6.07, 6.45) is 2.21. The summed E-state index contributed by atoms with van der Waals surface area (Å²) in [4.78, 5) is 22.0. The molecule has 0 unspecified atom stereocenters. The summed E-state index contributed by atoms with van der Waals surface area (Å²) in [6, 6.07) is 3.46. The minimum absolute atomic E-state index is 0.105. The lowest BCUT2D eigenvalue weighted by molar-refractivity contribution is -0.489. The fourth-order valence-corrected chi connectivity index (χ4v) is 2.13. The number of esters is 1. The van der Waals surface area contributed by atoms with Crippen molar-refractivity contribution in [1.29, 1.82) is 0 Å². The minimum Gasteiger partial charge on any atom is -0.469 e. The summed E-state index contributed by atoms with van der Waals surface area (Å²) < 4.78 is 10.2. The maximum atomic E-state index is 11.6. The van der Waals surface area contributed by atoms with Crippen molar-refractivity contribution in [1.82, 2.24) is 0 Å². The number of hydrogen-bond donors (Lipinski definition) is 0.